The molecule has 24 heteroatoms. The maximum atomic E-state index is 9.75. The zero-order valence-electron chi connectivity index (χ0n) is 41.5. The number of nitrogens with zero attached hydrogens (tertiary/aromatic N) is 7. The number of rotatable bonds is 10. The van der Waals surface area contributed by atoms with E-state index in [-0.39, 0.29) is 45.0 Å². The second kappa shape index (κ2) is 35.9. The first-order valence-corrected chi connectivity index (χ1v) is 27.0. The first-order chi connectivity index (χ1) is 36.6. The van der Waals surface area contributed by atoms with Gasteiger partial charge in [0.15, 0.2) is 0 Å². The summed E-state index contributed by atoms with van der Waals surface area (Å²) in [5.74, 6) is 0. The average molecular weight is 1260 g/mol. The minimum atomic E-state index is -6.00. The van der Waals surface area contributed by atoms with Crippen molar-refractivity contribution in [1.29, 1.82) is 5.26 Å². The molecule has 0 saturated carbocycles. The number of hydrogen-bond acceptors (Lipinski definition) is 5. The molecule has 0 saturated heterocycles. The molecule has 8 aromatic carbocycles. The summed E-state index contributed by atoms with van der Waals surface area (Å²) in [6.07, 6.45) is 4.04. The fourth-order valence-corrected chi connectivity index (χ4v) is 12.8. The van der Waals surface area contributed by atoms with Gasteiger partial charge in [0.1, 0.15) is 70.4 Å². The van der Waals surface area contributed by atoms with E-state index in [9.17, 15) is 34.5 Å². The molecular formula is C55H50B2Cl2Cu2F8N7OP2+3. The van der Waals surface area contributed by atoms with Gasteiger partial charge in [-0.2, -0.15) is 5.26 Å². The molecule has 8 nitrogen and oxygen atoms in total. The van der Waals surface area contributed by atoms with Crippen molar-refractivity contribution < 1.29 is 74.1 Å². The Labute approximate surface area is 486 Å². The van der Waals surface area contributed by atoms with Crippen molar-refractivity contribution >= 4 is 85.4 Å². The number of halogens is 10. The monoisotopic (exact) mass is 1260 g/mol. The molecule has 2 aromatic heterocycles. The van der Waals surface area contributed by atoms with E-state index in [2.05, 4.69) is 215 Å². The van der Waals surface area contributed by atoms with Gasteiger partial charge in [-0.3, -0.25) is 0 Å². The molecule has 0 amide bonds. The van der Waals surface area contributed by atoms with Gasteiger partial charge in [0, 0.05) is 18.1 Å². The smallest absolute Gasteiger partial charge is 0.457 e. The van der Waals surface area contributed by atoms with Gasteiger partial charge in [0.2, 0.25) is 0 Å². The third kappa shape index (κ3) is 23.4. The Morgan fingerprint density at radius 2 is 0.620 bits per heavy atom. The molecule has 10 aromatic rings. The fourth-order valence-electron chi connectivity index (χ4n) is 7.39. The van der Waals surface area contributed by atoms with Gasteiger partial charge in [-0.1, -0.05) is 168 Å². The van der Waals surface area contributed by atoms with Gasteiger partial charge in [0.25, 0.3) is 0 Å². The molecule has 2 heterocycles. The SMILES string of the molecule is CC#N.ClCCl.F[B-](F)(F)F.F[B-](F)(F)F.[Cu+].[Cu+].[OH3+].c1ccc(-c2cn(-c3ccccc3[PH+](c3ccccc3)c3ccccc3)nn2)cc1.c1ccc(-c2cn(-c3ccccc3[PH+](c3ccccc3)c3ccccc3)nn2)cc1. The van der Waals surface area contributed by atoms with Crippen LogP contribution in [0.2, 0.25) is 0 Å². The van der Waals surface area contributed by atoms with Crippen LogP contribution in [0.1, 0.15) is 6.92 Å². The second-order valence-electron chi connectivity index (χ2n) is 15.4. The maximum absolute atomic E-state index is 9.75. The Hall–Kier alpha value is -6.46. The summed E-state index contributed by atoms with van der Waals surface area (Å²) < 4.78 is 81.8. The van der Waals surface area contributed by atoms with Crippen LogP contribution in [0.3, 0.4) is 0 Å². The molecule has 0 bridgehead atoms. The quantitative estimate of drug-likeness (QED) is 0.0444. The van der Waals surface area contributed by atoms with Crippen molar-refractivity contribution in [3.63, 3.8) is 0 Å². The number of para-hydroxylation sites is 2. The van der Waals surface area contributed by atoms with Gasteiger partial charge in [-0.05, 0) is 72.8 Å². The summed E-state index contributed by atoms with van der Waals surface area (Å²) in [7, 11) is -14.4. The van der Waals surface area contributed by atoms with Crippen LogP contribution in [0.15, 0.2) is 243 Å². The molecule has 0 unspecified atom stereocenters. The van der Waals surface area contributed by atoms with Crippen molar-refractivity contribution in [2.45, 2.75) is 6.92 Å². The first kappa shape index (κ1) is 68.6. The van der Waals surface area contributed by atoms with Crippen LogP contribution in [-0.2, 0) is 39.6 Å². The summed E-state index contributed by atoms with van der Waals surface area (Å²) in [4.78, 5) is 0. The second-order valence-corrected chi connectivity index (χ2v) is 21.1. The average Bonchev–Trinajstić information content (AvgIpc) is 4.17. The van der Waals surface area contributed by atoms with E-state index >= 15 is 0 Å². The Morgan fingerprint density at radius 3 is 0.861 bits per heavy atom. The zero-order valence-corrected chi connectivity index (χ0v) is 46.9. The number of nitriles is 1. The van der Waals surface area contributed by atoms with E-state index in [0.717, 1.165) is 33.9 Å². The van der Waals surface area contributed by atoms with Crippen molar-refractivity contribution in [1.82, 2.24) is 30.0 Å². The Balaban J connectivity index is 0.000000413. The van der Waals surface area contributed by atoms with Gasteiger partial charge < -0.3 is 40.0 Å². The summed E-state index contributed by atoms with van der Waals surface area (Å²) in [5.41, 5.74) is 6.04. The van der Waals surface area contributed by atoms with Gasteiger partial charge in [-0.15, -0.1) is 33.4 Å². The molecule has 0 aliphatic heterocycles. The molecular weight excluding hydrogens is 1210 g/mol. The molecule has 0 fully saturated rings. The van der Waals surface area contributed by atoms with Crippen LogP contribution in [-0.4, -0.2) is 49.8 Å². The molecule has 0 aliphatic carbocycles. The Bertz CT molecular complexity index is 2970. The standard InChI is InChI=1S/2C26H20N3P.C2H3N.CH2Cl2.2BF4.2Cu.H2O/c2*1-4-12-21(13-5-1)24-20-29(28-27-24)25-18-10-11-19-26(25)30(22-14-6-2-7-15-22)23-16-8-3-9-17-23;1-2-3;2-1-3;2*2-1(3,4)5;;;/h2*1-20H;1H3;1H2;;;;;1H2/q;;;;2*-1;2*+1;/p+3. The van der Waals surface area contributed by atoms with E-state index < -0.39 is 30.4 Å². The molecule has 79 heavy (non-hydrogen) atoms. The molecule has 0 atom stereocenters. The minimum Gasteiger partial charge on any atom is -0.457 e. The Kier molecular flexibility index (Phi) is 31.2. The normalized spacial score (nSPS) is 10.2. The van der Waals surface area contributed by atoms with Crippen molar-refractivity contribution in [3.8, 4) is 40.0 Å². The fraction of sp³-hybridized carbons (Fsp3) is 0.0364. The van der Waals surface area contributed by atoms with Gasteiger partial charge in [-0.25, -0.2) is 9.36 Å². The summed E-state index contributed by atoms with van der Waals surface area (Å²) in [6, 6.07) is 82.3. The first-order valence-electron chi connectivity index (χ1n) is 22.9. The van der Waals surface area contributed by atoms with Crippen LogP contribution >= 0.6 is 39.0 Å². The topological polar surface area (TPSA) is 118 Å². The van der Waals surface area contributed by atoms with Crippen LogP contribution < -0.4 is 31.8 Å². The van der Waals surface area contributed by atoms with E-state index in [1.54, 1.807) is 6.07 Å². The van der Waals surface area contributed by atoms with Crippen molar-refractivity contribution in [3.05, 3.63) is 243 Å². The molecule has 10 rings (SSSR count). The predicted octanol–water partition coefficient (Wildman–Crippen LogP) is 12.5. The minimum absolute atomic E-state index is 0. The number of hydrogen-bond donors (Lipinski definition) is 0. The molecule has 0 spiro atoms. The molecule has 416 valence electrons. The predicted molar refractivity (Wildman–Crippen MR) is 307 cm³/mol. The Morgan fingerprint density at radius 1 is 0.418 bits per heavy atom. The van der Waals surface area contributed by atoms with Crippen LogP contribution in [0.25, 0.3) is 33.9 Å². The summed E-state index contributed by atoms with van der Waals surface area (Å²) in [5, 5.41) is 33.3. The molecule has 0 aliphatic rings. The largest absolute Gasteiger partial charge is 1.00 e. The molecule has 0 radical (unpaired) electrons. The van der Waals surface area contributed by atoms with Crippen molar-refractivity contribution in [2.24, 2.45) is 0 Å². The van der Waals surface area contributed by atoms with Crippen LogP contribution in [0, 0.1) is 11.3 Å². The van der Waals surface area contributed by atoms with E-state index in [1.165, 1.54) is 38.8 Å². The maximum Gasteiger partial charge on any atom is 1.00 e. The van der Waals surface area contributed by atoms with Crippen LogP contribution in [0.4, 0.5) is 34.5 Å². The third-order valence-electron chi connectivity index (χ3n) is 10.2. The summed E-state index contributed by atoms with van der Waals surface area (Å²) in [6.45, 7) is 1.43. The van der Waals surface area contributed by atoms with Crippen LogP contribution in [0.5, 0.6) is 0 Å². The van der Waals surface area contributed by atoms with E-state index in [4.69, 9.17) is 28.5 Å². The van der Waals surface area contributed by atoms with Gasteiger partial charge in [0.05, 0.1) is 23.8 Å². The van der Waals surface area contributed by atoms with E-state index in [1.807, 2.05) is 58.2 Å². The number of benzene rings is 8. The van der Waals surface area contributed by atoms with E-state index in [0.29, 0.717) is 0 Å². The third-order valence-corrected chi connectivity index (χ3v) is 15.8. The van der Waals surface area contributed by atoms with Crippen molar-refractivity contribution in [2.75, 3.05) is 5.34 Å². The molecule has 3 N–H and O–H groups in total. The number of alkyl halides is 2. The zero-order chi connectivity index (χ0) is 54.8. The van der Waals surface area contributed by atoms with Gasteiger partial charge >= 0.3 is 48.6 Å². The number of aromatic nitrogens is 6. The summed E-state index contributed by atoms with van der Waals surface area (Å²) >= 11 is 9.53.